The number of benzene rings is 1. The third-order valence-electron chi connectivity index (χ3n) is 4.33. The summed E-state index contributed by atoms with van der Waals surface area (Å²) in [6, 6.07) is 8.01. The highest BCUT2D eigenvalue weighted by Gasteiger charge is 2.28. The quantitative estimate of drug-likeness (QED) is 0.842. The second-order valence-electron chi connectivity index (χ2n) is 5.76. The molecule has 1 saturated carbocycles. The maximum atomic E-state index is 3.86. The molecule has 0 saturated heterocycles. The highest BCUT2D eigenvalue weighted by molar-refractivity contribution is 7.99. The molecule has 2 rings (SSSR count). The summed E-state index contributed by atoms with van der Waals surface area (Å²) in [4.78, 5) is 0. The Morgan fingerprint density at radius 2 is 2.05 bits per heavy atom. The van der Waals surface area contributed by atoms with Crippen LogP contribution >= 0.6 is 11.8 Å². The standard InChI is InChI=1S/C17H27NS/c1-5-19-17-8-6-7-16(17)18-14(4)15-10-9-12(2)13(3)11-15/h9-11,14,16-18H,5-8H2,1-4H3. The van der Waals surface area contributed by atoms with E-state index in [4.69, 9.17) is 0 Å². The summed E-state index contributed by atoms with van der Waals surface area (Å²) in [6.45, 7) is 8.96. The molecule has 106 valence electrons. The third-order valence-corrected chi connectivity index (χ3v) is 5.65. The van der Waals surface area contributed by atoms with Gasteiger partial charge in [-0.15, -0.1) is 0 Å². The molecule has 0 spiro atoms. The van der Waals surface area contributed by atoms with Gasteiger partial charge in [-0.2, -0.15) is 11.8 Å². The number of aryl methyl sites for hydroxylation is 2. The number of thioether (sulfide) groups is 1. The molecule has 0 radical (unpaired) electrons. The van der Waals surface area contributed by atoms with Gasteiger partial charge in [0.05, 0.1) is 0 Å². The first-order valence-corrected chi connectivity index (χ1v) is 8.61. The van der Waals surface area contributed by atoms with Crippen LogP contribution in [0.25, 0.3) is 0 Å². The molecule has 1 nitrogen and oxygen atoms in total. The fourth-order valence-corrected chi connectivity index (χ4v) is 4.19. The van der Waals surface area contributed by atoms with Crippen molar-refractivity contribution in [2.45, 2.75) is 64.3 Å². The van der Waals surface area contributed by atoms with Gasteiger partial charge in [0.1, 0.15) is 0 Å². The van der Waals surface area contributed by atoms with Crippen molar-refractivity contribution in [2.24, 2.45) is 0 Å². The van der Waals surface area contributed by atoms with Crippen LogP contribution in [0.3, 0.4) is 0 Å². The van der Waals surface area contributed by atoms with Crippen molar-refractivity contribution in [1.82, 2.24) is 5.32 Å². The van der Waals surface area contributed by atoms with Gasteiger partial charge >= 0.3 is 0 Å². The second kappa shape index (κ2) is 6.81. The molecular weight excluding hydrogens is 250 g/mol. The SMILES string of the molecule is CCSC1CCCC1NC(C)c1ccc(C)c(C)c1. The van der Waals surface area contributed by atoms with E-state index >= 15 is 0 Å². The monoisotopic (exact) mass is 277 g/mol. The minimum absolute atomic E-state index is 0.461. The summed E-state index contributed by atoms with van der Waals surface area (Å²) < 4.78 is 0. The lowest BCUT2D eigenvalue weighted by Gasteiger charge is -2.25. The maximum absolute atomic E-state index is 3.86. The molecule has 1 N–H and O–H groups in total. The molecule has 0 amide bonds. The Kier molecular flexibility index (Phi) is 5.35. The normalized spacial score (nSPS) is 24.6. The van der Waals surface area contributed by atoms with Gasteiger partial charge in [-0.25, -0.2) is 0 Å². The average molecular weight is 277 g/mol. The molecule has 3 unspecified atom stereocenters. The molecule has 1 fully saturated rings. The van der Waals surface area contributed by atoms with Gasteiger partial charge in [0, 0.05) is 17.3 Å². The minimum Gasteiger partial charge on any atom is -0.306 e. The van der Waals surface area contributed by atoms with Crippen LogP contribution in [0.1, 0.15) is 55.8 Å². The number of rotatable bonds is 5. The Morgan fingerprint density at radius 3 is 2.74 bits per heavy atom. The van der Waals surface area contributed by atoms with Crippen molar-refractivity contribution < 1.29 is 0 Å². The van der Waals surface area contributed by atoms with Crippen LogP contribution in [0, 0.1) is 13.8 Å². The predicted molar refractivity (Wildman–Crippen MR) is 87.0 cm³/mol. The Morgan fingerprint density at radius 1 is 1.26 bits per heavy atom. The second-order valence-corrected chi connectivity index (χ2v) is 7.28. The van der Waals surface area contributed by atoms with E-state index in [1.54, 1.807) is 0 Å². The van der Waals surface area contributed by atoms with Crippen molar-refractivity contribution in [2.75, 3.05) is 5.75 Å². The average Bonchev–Trinajstić information content (AvgIpc) is 2.80. The first-order chi connectivity index (χ1) is 9.11. The van der Waals surface area contributed by atoms with Crippen LogP contribution < -0.4 is 5.32 Å². The Labute approximate surface area is 122 Å². The highest BCUT2D eigenvalue weighted by Crippen LogP contribution is 2.31. The summed E-state index contributed by atoms with van der Waals surface area (Å²) >= 11 is 2.13. The zero-order chi connectivity index (χ0) is 13.8. The lowest BCUT2D eigenvalue weighted by molar-refractivity contribution is 0.467. The van der Waals surface area contributed by atoms with Crippen molar-refractivity contribution in [3.8, 4) is 0 Å². The molecule has 1 aliphatic rings. The Bertz CT molecular complexity index is 416. The first kappa shape index (κ1) is 14.9. The molecule has 1 aromatic rings. The summed E-state index contributed by atoms with van der Waals surface area (Å²) in [5.41, 5.74) is 4.21. The number of hydrogen-bond donors (Lipinski definition) is 1. The molecule has 2 heteroatoms. The zero-order valence-corrected chi connectivity index (χ0v) is 13.5. The summed E-state index contributed by atoms with van der Waals surface area (Å²) in [5, 5.41) is 4.67. The first-order valence-electron chi connectivity index (χ1n) is 7.56. The Hall–Kier alpha value is -0.470. The molecular formula is C17H27NS. The lowest BCUT2D eigenvalue weighted by Crippen LogP contribution is -2.36. The summed E-state index contributed by atoms with van der Waals surface area (Å²) in [5.74, 6) is 1.24. The van der Waals surface area contributed by atoms with Gasteiger partial charge in [0.25, 0.3) is 0 Å². The molecule has 0 aliphatic heterocycles. The van der Waals surface area contributed by atoms with Crippen LogP contribution in [0.5, 0.6) is 0 Å². The molecule has 19 heavy (non-hydrogen) atoms. The van der Waals surface area contributed by atoms with Gasteiger partial charge in [-0.3, -0.25) is 0 Å². The minimum atomic E-state index is 0.461. The van der Waals surface area contributed by atoms with E-state index < -0.39 is 0 Å². The van der Waals surface area contributed by atoms with Gasteiger partial charge in [-0.05, 0) is 56.1 Å². The smallest absolute Gasteiger partial charge is 0.0294 e. The van der Waals surface area contributed by atoms with Crippen LogP contribution in [-0.2, 0) is 0 Å². The van der Waals surface area contributed by atoms with Crippen LogP contribution in [0.2, 0.25) is 0 Å². The van der Waals surface area contributed by atoms with Crippen LogP contribution in [0.15, 0.2) is 18.2 Å². The molecule has 0 heterocycles. The van der Waals surface area contributed by atoms with Gasteiger partial charge in [-0.1, -0.05) is 31.5 Å². The topological polar surface area (TPSA) is 12.0 Å². The fraction of sp³-hybridized carbons (Fsp3) is 0.647. The summed E-state index contributed by atoms with van der Waals surface area (Å²) in [6.07, 6.45) is 4.11. The van der Waals surface area contributed by atoms with E-state index in [1.807, 2.05) is 0 Å². The maximum Gasteiger partial charge on any atom is 0.0294 e. The largest absolute Gasteiger partial charge is 0.306 e. The predicted octanol–water partition coefficient (Wildman–Crippen LogP) is 4.63. The van der Waals surface area contributed by atoms with E-state index in [-0.39, 0.29) is 0 Å². The van der Waals surface area contributed by atoms with Gasteiger partial charge in [0.15, 0.2) is 0 Å². The molecule has 1 aromatic carbocycles. The summed E-state index contributed by atoms with van der Waals surface area (Å²) in [7, 11) is 0. The van der Waals surface area contributed by atoms with Crippen molar-refractivity contribution in [1.29, 1.82) is 0 Å². The number of nitrogens with one attached hydrogen (secondary N) is 1. The van der Waals surface area contributed by atoms with E-state index in [1.165, 1.54) is 41.7 Å². The highest BCUT2D eigenvalue weighted by atomic mass is 32.2. The van der Waals surface area contributed by atoms with Crippen molar-refractivity contribution in [3.05, 3.63) is 34.9 Å². The Balaban J connectivity index is 1.99. The lowest BCUT2D eigenvalue weighted by atomic mass is 10.0. The fourth-order valence-electron chi connectivity index (χ4n) is 2.98. The third kappa shape index (κ3) is 3.76. The molecule has 1 aliphatic carbocycles. The van der Waals surface area contributed by atoms with E-state index in [0.717, 1.165) is 5.25 Å². The van der Waals surface area contributed by atoms with Crippen molar-refractivity contribution >= 4 is 11.8 Å². The van der Waals surface area contributed by atoms with E-state index in [0.29, 0.717) is 12.1 Å². The molecule has 0 bridgehead atoms. The molecule has 3 atom stereocenters. The number of hydrogen-bond acceptors (Lipinski definition) is 2. The van der Waals surface area contributed by atoms with Crippen LogP contribution in [0.4, 0.5) is 0 Å². The van der Waals surface area contributed by atoms with Gasteiger partial charge < -0.3 is 5.32 Å². The van der Waals surface area contributed by atoms with Crippen LogP contribution in [-0.4, -0.2) is 17.0 Å². The van der Waals surface area contributed by atoms with Crippen molar-refractivity contribution in [3.63, 3.8) is 0 Å². The van der Waals surface area contributed by atoms with E-state index in [2.05, 4.69) is 63.0 Å². The van der Waals surface area contributed by atoms with E-state index in [9.17, 15) is 0 Å². The molecule has 0 aromatic heterocycles. The van der Waals surface area contributed by atoms with Gasteiger partial charge in [0.2, 0.25) is 0 Å². The zero-order valence-electron chi connectivity index (χ0n) is 12.7.